The number of hydrogen-bond acceptors (Lipinski definition) is 3. The number of halogens is 4. The van der Waals surface area contributed by atoms with E-state index in [1.54, 1.807) is 0 Å². The molecule has 1 N–H and O–H groups in total. The van der Waals surface area contributed by atoms with Crippen LogP contribution >= 0.6 is 11.6 Å². The lowest BCUT2D eigenvalue weighted by Crippen LogP contribution is -2.43. The van der Waals surface area contributed by atoms with E-state index in [4.69, 9.17) is 21.1 Å². The van der Waals surface area contributed by atoms with Gasteiger partial charge in [-0.15, -0.1) is 0 Å². The van der Waals surface area contributed by atoms with E-state index in [0.717, 1.165) is 18.2 Å². The number of alkyl halides is 3. The second kappa shape index (κ2) is 6.21. The minimum atomic E-state index is -4.54. The normalized spacial score (nSPS) is 22.3. The number of rotatable bonds is 3. The van der Waals surface area contributed by atoms with Gasteiger partial charge in [0.15, 0.2) is 0 Å². The van der Waals surface area contributed by atoms with Gasteiger partial charge in [-0.2, -0.15) is 13.2 Å². The van der Waals surface area contributed by atoms with Gasteiger partial charge in [0.25, 0.3) is 5.91 Å². The van der Waals surface area contributed by atoms with Crippen molar-refractivity contribution in [3.05, 3.63) is 34.3 Å². The fraction of sp³-hybridized carbons (Fsp3) is 0.462. The number of nitrogens with one attached hydrogen (secondary N) is 1. The zero-order chi connectivity index (χ0) is 15.6. The molecule has 8 heteroatoms. The summed E-state index contributed by atoms with van der Waals surface area (Å²) in [6.07, 6.45) is -4.87. The first kappa shape index (κ1) is 16.1. The third-order valence-corrected chi connectivity index (χ3v) is 3.52. The van der Waals surface area contributed by atoms with Gasteiger partial charge >= 0.3 is 6.18 Å². The fourth-order valence-corrected chi connectivity index (χ4v) is 2.23. The zero-order valence-corrected chi connectivity index (χ0v) is 11.8. The highest BCUT2D eigenvalue weighted by atomic mass is 35.5. The van der Waals surface area contributed by atoms with E-state index in [2.05, 4.69) is 5.32 Å². The summed E-state index contributed by atoms with van der Waals surface area (Å²) in [6.45, 7) is 0.554. The Morgan fingerprint density at radius 3 is 2.76 bits per heavy atom. The number of methoxy groups -OCH3 is 1. The van der Waals surface area contributed by atoms with Crippen LogP contribution in [0.4, 0.5) is 13.2 Å². The maximum Gasteiger partial charge on any atom is 0.416 e. The second-order valence-corrected chi connectivity index (χ2v) is 4.99. The highest BCUT2D eigenvalue weighted by molar-refractivity contribution is 6.33. The van der Waals surface area contributed by atoms with Gasteiger partial charge in [-0.25, -0.2) is 0 Å². The Bertz CT molecular complexity index is 536. The molecule has 0 bridgehead atoms. The van der Waals surface area contributed by atoms with Gasteiger partial charge in [0.2, 0.25) is 0 Å². The van der Waals surface area contributed by atoms with Gasteiger partial charge < -0.3 is 14.8 Å². The summed E-state index contributed by atoms with van der Waals surface area (Å²) in [5.41, 5.74) is -1.16. The zero-order valence-electron chi connectivity index (χ0n) is 11.0. The monoisotopic (exact) mass is 323 g/mol. The van der Waals surface area contributed by atoms with E-state index in [-0.39, 0.29) is 23.3 Å². The number of hydrogen-bond donors (Lipinski definition) is 1. The molecule has 1 heterocycles. The molecule has 0 aliphatic carbocycles. The Hall–Kier alpha value is -1.31. The van der Waals surface area contributed by atoms with Crippen LogP contribution in [-0.4, -0.2) is 38.4 Å². The van der Waals surface area contributed by atoms with E-state index in [9.17, 15) is 18.0 Å². The van der Waals surface area contributed by atoms with Crippen molar-refractivity contribution in [3.63, 3.8) is 0 Å². The van der Waals surface area contributed by atoms with Crippen molar-refractivity contribution in [3.8, 4) is 0 Å². The molecule has 0 saturated carbocycles. The first-order valence-electron chi connectivity index (χ1n) is 6.11. The fourth-order valence-electron chi connectivity index (χ4n) is 2.02. The number of carbonyl (C=O) groups is 1. The third-order valence-electron chi connectivity index (χ3n) is 3.19. The maximum absolute atomic E-state index is 12.7. The predicted molar refractivity (Wildman–Crippen MR) is 69.3 cm³/mol. The quantitative estimate of drug-likeness (QED) is 0.929. The van der Waals surface area contributed by atoms with E-state index < -0.39 is 23.7 Å². The molecule has 0 aromatic heterocycles. The SMILES string of the molecule is CO[C@H]1COC[C@@H]1NC(=O)c1cc(C(F)(F)F)ccc1Cl. The summed E-state index contributed by atoms with van der Waals surface area (Å²) in [5.74, 6) is -0.691. The summed E-state index contributed by atoms with van der Waals surface area (Å²) in [6, 6.07) is 2.19. The molecule has 1 aromatic carbocycles. The predicted octanol–water partition coefficient (Wildman–Crippen LogP) is 2.50. The molecular weight excluding hydrogens is 311 g/mol. The maximum atomic E-state index is 12.7. The van der Waals surface area contributed by atoms with Crippen LogP contribution in [0.1, 0.15) is 15.9 Å². The van der Waals surface area contributed by atoms with Gasteiger partial charge in [0, 0.05) is 7.11 Å². The topological polar surface area (TPSA) is 47.6 Å². The molecule has 1 aromatic rings. The molecule has 1 aliphatic heterocycles. The molecule has 4 nitrogen and oxygen atoms in total. The molecule has 0 spiro atoms. The highest BCUT2D eigenvalue weighted by Crippen LogP contribution is 2.31. The average Bonchev–Trinajstić information content (AvgIpc) is 2.84. The van der Waals surface area contributed by atoms with Crippen molar-refractivity contribution in [2.75, 3.05) is 20.3 Å². The molecule has 21 heavy (non-hydrogen) atoms. The van der Waals surface area contributed by atoms with Crippen molar-refractivity contribution in [1.29, 1.82) is 0 Å². The van der Waals surface area contributed by atoms with E-state index in [0.29, 0.717) is 6.61 Å². The summed E-state index contributed by atoms with van der Waals surface area (Å²) in [7, 11) is 1.47. The number of ether oxygens (including phenoxy) is 2. The van der Waals surface area contributed by atoms with Crippen molar-refractivity contribution in [2.45, 2.75) is 18.3 Å². The van der Waals surface area contributed by atoms with Gasteiger partial charge in [0.1, 0.15) is 6.10 Å². The number of amides is 1. The van der Waals surface area contributed by atoms with Crippen LogP contribution in [0.5, 0.6) is 0 Å². The van der Waals surface area contributed by atoms with Gasteiger partial charge in [-0.3, -0.25) is 4.79 Å². The van der Waals surface area contributed by atoms with Crippen molar-refractivity contribution >= 4 is 17.5 Å². The smallest absolute Gasteiger partial charge is 0.377 e. The Morgan fingerprint density at radius 2 is 2.14 bits per heavy atom. The average molecular weight is 324 g/mol. The molecule has 2 rings (SSSR count). The van der Waals surface area contributed by atoms with Crippen LogP contribution in [0.2, 0.25) is 5.02 Å². The minimum absolute atomic E-state index is 0.0478. The Kier molecular flexibility index (Phi) is 4.75. The highest BCUT2D eigenvalue weighted by Gasteiger charge is 2.33. The first-order chi connectivity index (χ1) is 9.82. The lowest BCUT2D eigenvalue weighted by atomic mass is 10.1. The summed E-state index contributed by atoms with van der Waals surface area (Å²) in [5, 5.41) is 2.53. The summed E-state index contributed by atoms with van der Waals surface area (Å²) < 4.78 is 48.3. The van der Waals surface area contributed by atoms with Gasteiger partial charge in [-0.1, -0.05) is 11.6 Å². The minimum Gasteiger partial charge on any atom is -0.377 e. The molecule has 0 unspecified atom stereocenters. The number of benzene rings is 1. The van der Waals surface area contributed by atoms with Crippen LogP contribution in [0.15, 0.2) is 18.2 Å². The standard InChI is InChI=1S/C13H13ClF3NO3/c1-20-11-6-21-5-10(11)18-12(19)8-4-7(13(15,16)17)2-3-9(8)14/h2-4,10-11H,5-6H2,1H3,(H,18,19)/t10-,11-/m0/s1. The number of carbonyl (C=O) groups excluding carboxylic acids is 1. The molecule has 1 fully saturated rings. The summed E-state index contributed by atoms with van der Waals surface area (Å²) in [4.78, 5) is 12.1. The Labute approximate surface area is 124 Å². The van der Waals surface area contributed by atoms with Crippen molar-refractivity contribution in [1.82, 2.24) is 5.32 Å². The molecule has 1 amide bonds. The molecule has 116 valence electrons. The van der Waals surface area contributed by atoms with E-state index in [1.165, 1.54) is 7.11 Å². The van der Waals surface area contributed by atoms with Crippen LogP contribution in [-0.2, 0) is 15.7 Å². The third kappa shape index (κ3) is 3.66. The Balaban J connectivity index is 2.19. The van der Waals surface area contributed by atoms with Crippen LogP contribution in [0.3, 0.4) is 0 Å². The lowest BCUT2D eigenvalue weighted by Gasteiger charge is -2.18. The van der Waals surface area contributed by atoms with Crippen molar-refractivity contribution in [2.24, 2.45) is 0 Å². The lowest BCUT2D eigenvalue weighted by molar-refractivity contribution is -0.137. The van der Waals surface area contributed by atoms with Crippen LogP contribution in [0.25, 0.3) is 0 Å². The van der Waals surface area contributed by atoms with Gasteiger partial charge in [0.05, 0.1) is 35.4 Å². The first-order valence-corrected chi connectivity index (χ1v) is 6.49. The van der Waals surface area contributed by atoms with E-state index in [1.807, 2.05) is 0 Å². The Morgan fingerprint density at radius 1 is 1.43 bits per heavy atom. The largest absolute Gasteiger partial charge is 0.416 e. The molecular formula is C13H13ClF3NO3. The second-order valence-electron chi connectivity index (χ2n) is 4.58. The van der Waals surface area contributed by atoms with Crippen molar-refractivity contribution < 1.29 is 27.4 Å². The molecule has 1 saturated heterocycles. The van der Waals surface area contributed by atoms with Crippen LogP contribution in [0, 0.1) is 0 Å². The molecule has 0 radical (unpaired) electrons. The summed E-state index contributed by atoms with van der Waals surface area (Å²) >= 11 is 5.81. The van der Waals surface area contributed by atoms with Gasteiger partial charge in [-0.05, 0) is 18.2 Å². The van der Waals surface area contributed by atoms with Crippen LogP contribution < -0.4 is 5.32 Å². The van der Waals surface area contributed by atoms with E-state index >= 15 is 0 Å². The molecule has 1 aliphatic rings. The molecule has 2 atom stereocenters.